The molecule has 0 radical (unpaired) electrons. The number of allylic oxidation sites excluding steroid dienone is 2. The van der Waals surface area contributed by atoms with Gasteiger partial charge in [-0.2, -0.15) is 15.8 Å². The molecule has 0 saturated heterocycles. The second-order valence-corrected chi connectivity index (χ2v) is 5.41. The highest BCUT2D eigenvalue weighted by Gasteiger charge is 2.15. The summed E-state index contributed by atoms with van der Waals surface area (Å²) < 4.78 is 1.20. The summed E-state index contributed by atoms with van der Waals surface area (Å²) in [7, 11) is 0. The van der Waals surface area contributed by atoms with Crippen molar-refractivity contribution in [3.63, 3.8) is 0 Å². The Hall–Kier alpha value is -1.52. The van der Waals surface area contributed by atoms with Crippen molar-refractivity contribution in [1.82, 2.24) is 0 Å². The lowest BCUT2D eigenvalue weighted by Crippen LogP contribution is -2.02. The smallest absolute Gasteiger partial charge is 0.163 e. The quantitative estimate of drug-likeness (QED) is 0.589. The fraction of sp³-hybridized carbons (Fsp3) is 0.0833. The third-order valence-corrected chi connectivity index (χ3v) is 4.31. The van der Waals surface area contributed by atoms with Crippen molar-refractivity contribution in [2.24, 2.45) is 0 Å². The van der Waals surface area contributed by atoms with Crippen LogP contribution in [0.2, 0.25) is 5.02 Å². The second-order valence-electron chi connectivity index (χ2n) is 3.39. The first-order chi connectivity index (χ1) is 8.96. The number of benzene rings is 1. The molecule has 1 aromatic carbocycles. The monoisotopic (exact) mass is 398 g/mol. The summed E-state index contributed by atoms with van der Waals surface area (Å²) in [6.45, 7) is 1.83. The summed E-state index contributed by atoms with van der Waals surface area (Å²) in [5.74, 6) is 0. The molecule has 0 aliphatic rings. The van der Waals surface area contributed by atoms with Gasteiger partial charge in [-0.15, -0.1) is 0 Å². The fourth-order valence-corrected chi connectivity index (χ4v) is 2.92. The number of nitrogens with one attached hydrogen (secondary N) is 1. The summed E-state index contributed by atoms with van der Waals surface area (Å²) in [6, 6.07) is 6.86. The van der Waals surface area contributed by atoms with Crippen molar-refractivity contribution in [2.45, 2.75) is 6.92 Å². The average Bonchev–Trinajstić information content (AvgIpc) is 2.40. The zero-order chi connectivity index (χ0) is 14.6. The van der Waals surface area contributed by atoms with Crippen LogP contribution in [0, 0.1) is 40.9 Å². The number of aryl methyl sites for hydroxylation is 1. The Morgan fingerprint density at radius 3 is 2.26 bits per heavy atom. The van der Waals surface area contributed by atoms with Gasteiger partial charge in [0.05, 0.1) is 15.2 Å². The summed E-state index contributed by atoms with van der Waals surface area (Å²) in [5, 5.41) is 29.7. The number of rotatable bonds is 2. The fourth-order valence-electron chi connectivity index (χ4n) is 1.24. The second kappa shape index (κ2) is 6.59. The summed E-state index contributed by atoms with van der Waals surface area (Å²) in [6.07, 6.45) is 0. The summed E-state index contributed by atoms with van der Waals surface area (Å²) >= 11 is 12.7. The Kier molecular flexibility index (Phi) is 5.39. The van der Waals surface area contributed by atoms with Gasteiger partial charge in [-0.25, -0.2) is 0 Å². The van der Waals surface area contributed by atoms with Crippen molar-refractivity contribution >= 4 is 49.1 Å². The van der Waals surface area contributed by atoms with Crippen LogP contribution in [0.15, 0.2) is 26.3 Å². The van der Waals surface area contributed by atoms with E-state index in [1.54, 1.807) is 24.3 Å². The Balaban J connectivity index is 3.41. The van der Waals surface area contributed by atoms with Crippen LogP contribution in [0.3, 0.4) is 0 Å². The molecule has 4 nitrogen and oxygen atoms in total. The van der Waals surface area contributed by atoms with Gasteiger partial charge in [0.1, 0.15) is 23.9 Å². The Labute approximate surface area is 132 Å². The highest BCUT2D eigenvalue weighted by molar-refractivity contribution is 9.11. The van der Waals surface area contributed by atoms with E-state index in [4.69, 9.17) is 27.4 Å². The highest BCUT2D eigenvalue weighted by atomic mass is 79.9. The van der Waals surface area contributed by atoms with Crippen LogP contribution in [0.25, 0.3) is 0 Å². The third kappa shape index (κ3) is 3.28. The predicted octanol–water partition coefficient (Wildman–Crippen LogP) is 4.41. The van der Waals surface area contributed by atoms with Crippen LogP contribution in [0.5, 0.6) is 0 Å². The van der Waals surface area contributed by atoms with Gasteiger partial charge in [0.15, 0.2) is 5.57 Å². The zero-order valence-corrected chi connectivity index (χ0v) is 13.5. The largest absolute Gasteiger partial charge is 0.343 e. The average molecular weight is 400 g/mol. The van der Waals surface area contributed by atoms with E-state index in [-0.39, 0.29) is 11.3 Å². The highest BCUT2D eigenvalue weighted by Crippen LogP contribution is 2.39. The number of anilines is 1. The van der Waals surface area contributed by atoms with Gasteiger partial charge in [-0.05, 0) is 50.4 Å². The zero-order valence-electron chi connectivity index (χ0n) is 9.55. The van der Waals surface area contributed by atoms with Gasteiger partial charge in [-0.3, -0.25) is 0 Å². The van der Waals surface area contributed by atoms with E-state index in [0.717, 1.165) is 5.56 Å². The maximum atomic E-state index is 8.99. The van der Waals surface area contributed by atoms with Crippen LogP contribution >= 0.6 is 43.5 Å². The Morgan fingerprint density at radius 1 is 1.21 bits per heavy atom. The Morgan fingerprint density at radius 2 is 1.79 bits per heavy atom. The molecule has 0 saturated carbocycles. The van der Waals surface area contributed by atoms with E-state index >= 15 is 0 Å². The van der Waals surface area contributed by atoms with Crippen LogP contribution in [-0.4, -0.2) is 0 Å². The van der Waals surface area contributed by atoms with Gasteiger partial charge in [-0.1, -0.05) is 11.6 Å². The summed E-state index contributed by atoms with van der Waals surface area (Å²) in [5.41, 5.74) is 0.897. The van der Waals surface area contributed by atoms with Crippen LogP contribution in [-0.2, 0) is 0 Å². The van der Waals surface area contributed by atoms with E-state index in [9.17, 15) is 0 Å². The molecule has 0 unspecified atom stereocenters. The Bertz CT molecular complexity index is 674. The molecule has 7 heteroatoms. The molecule has 0 bridgehead atoms. The van der Waals surface area contributed by atoms with Gasteiger partial charge in [0.2, 0.25) is 0 Å². The molecule has 0 spiro atoms. The van der Waals surface area contributed by atoms with E-state index in [1.165, 1.54) is 0 Å². The molecule has 1 rings (SSSR count). The van der Waals surface area contributed by atoms with Crippen molar-refractivity contribution in [3.8, 4) is 18.2 Å². The lowest BCUT2D eigenvalue weighted by atomic mass is 10.2. The van der Waals surface area contributed by atoms with Crippen LogP contribution in [0.1, 0.15) is 5.56 Å². The standard InChI is InChI=1S/C12H5Br2ClN4/c1-6-2-8(13)12(10(14)11(6)15)19-9(5-18)7(3-16)4-17/h2,19H,1H3. The molecule has 1 aromatic rings. The van der Waals surface area contributed by atoms with E-state index in [2.05, 4.69) is 37.2 Å². The van der Waals surface area contributed by atoms with Crippen molar-refractivity contribution in [2.75, 3.05) is 5.32 Å². The number of nitriles is 3. The van der Waals surface area contributed by atoms with Crippen molar-refractivity contribution < 1.29 is 0 Å². The first-order valence-electron chi connectivity index (χ1n) is 4.82. The van der Waals surface area contributed by atoms with Gasteiger partial charge in [0.25, 0.3) is 0 Å². The third-order valence-electron chi connectivity index (χ3n) is 2.18. The minimum Gasteiger partial charge on any atom is -0.343 e. The molecule has 0 aliphatic heterocycles. The predicted molar refractivity (Wildman–Crippen MR) is 79.1 cm³/mol. The van der Waals surface area contributed by atoms with Crippen LogP contribution in [0.4, 0.5) is 5.69 Å². The molecular formula is C12H5Br2ClN4. The normalized spacial score (nSPS) is 8.89. The number of hydrogen-bond acceptors (Lipinski definition) is 4. The molecule has 94 valence electrons. The van der Waals surface area contributed by atoms with E-state index in [1.807, 2.05) is 6.92 Å². The van der Waals surface area contributed by atoms with E-state index < -0.39 is 0 Å². The van der Waals surface area contributed by atoms with Crippen molar-refractivity contribution in [1.29, 1.82) is 15.8 Å². The molecule has 0 atom stereocenters. The summed E-state index contributed by atoms with van der Waals surface area (Å²) in [4.78, 5) is 0. The maximum absolute atomic E-state index is 8.99. The topological polar surface area (TPSA) is 83.4 Å². The molecule has 0 heterocycles. The molecule has 1 N–H and O–H groups in total. The van der Waals surface area contributed by atoms with Gasteiger partial charge in [0, 0.05) is 4.47 Å². The van der Waals surface area contributed by atoms with Crippen LogP contribution < -0.4 is 5.32 Å². The number of nitrogens with zero attached hydrogens (tertiary/aromatic N) is 3. The minimum atomic E-state index is -0.294. The minimum absolute atomic E-state index is 0.133. The lowest BCUT2D eigenvalue weighted by molar-refractivity contribution is 1.34. The molecule has 0 aromatic heterocycles. The van der Waals surface area contributed by atoms with Gasteiger partial charge < -0.3 is 5.32 Å². The van der Waals surface area contributed by atoms with Crippen molar-refractivity contribution in [3.05, 3.63) is 36.9 Å². The number of hydrogen-bond donors (Lipinski definition) is 1. The maximum Gasteiger partial charge on any atom is 0.163 e. The van der Waals surface area contributed by atoms with Gasteiger partial charge >= 0.3 is 0 Å². The molecule has 19 heavy (non-hydrogen) atoms. The van der Waals surface area contributed by atoms with E-state index in [0.29, 0.717) is 19.7 Å². The molecule has 0 fully saturated rings. The number of halogens is 3. The lowest BCUT2D eigenvalue weighted by Gasteiger charge is -2.12. The molecule has 0 aliphatic carbocycles. The first kappa shape index (κ1) is 15.5. The SMILES string of the molecule is Cc1cc(Br)c(NC(C#N)=C(C#N)C#N)c(Br)c1Cl. The molecule has 0 amide bonds. The molecular weight excluding hydrogens is 395 g/mol. The first-order valence-corrected chi connectivity index (χ1v) is 6.78.